The van der Waals surface area contributed by atoms with Crippen molar-refractivity contribution in [2.75, 3.05) is 25.1 Å². The number of thiophene rings is 1. The Balaban J connectivity index is 2.13. The Morgan fingerprint density at radius 3 is 2.83 bits per heavy atom. The normalized spacial score (nSPS) is 24.6. The lowest BCUT2D eigenvalue weighted by Crippen LogP contribution is -2.39. The molecule has 0 spiro atoms. The lowest BCUT2D eigenvalue weighted by atomic mass is 10.1. The smallest absolute Gasteiger partial charge is 0.151 e. The van der Waals surface area contributed by atoms with Gasteiger partial charge >= 0.3 is 0 Å². The van der Waals surface area contributed by atoms with Crippen LogP contribution in [-0.2, 0) is 9.84 Å². The van der Waals surface area contributed by atoms with Gasteiger partial charge in [0.25, 0.3) is 0 Å². The number of hydrogen-bond donors (Lipinski definition) is 1. The molecule has 1 aliphatic rings. The number of likely N-dealkylation sites (N-methyl/N-ethyl adjacent to an activating group) is 1. The summed E-state index contributed by atoms with van der Waals surface area (Å²) in [5, 5.41) is 2.03. The average molecular weight is 353 g/mol. The summed E-state index contributed by atoms with van der Waals surface area (Å²) in [6, 6.07) is 2.24. The zero-order valence-corrected chi connectivity index (χ0v) is 13.4. The molecule has 0 aromatic carbocycles. The van der Waals surface area contributed by atoms with Gasteiger partial charge < -0.3 is 5.73 Å². The molecule has 2 unspecified atom stereocenters. The average Bonchev–Trinajstić information content (AvgIpc) is 2.86. The van der Waals surface area contributed by atoms with Gasteiger partial charge in [-0.25, -0.2) is 8.42 Å². The highest BCUT2D eigenvalue weighted by Gasteiger charge is 2.33. The molecule has 1 aromatic rings. The van der Waals surface area contributed by atoms with Gasteiger partial charge in [0.2, 0.25) is 0 Å². The summed E-state index contributed by atoms with van der Waals surface area (Å²) in [6.07, 6.45) is 0.710. The molecule has 102 valence electrons. The van der Waals surface area contributed by atoms with E-state index in [2.05, 4.69) is 26.9 Å². The summed E-state index contributed by atoms with van der Waals surface area (Å²) >= 11 is 5.09. The Hall–Kier alpha value is 0.0500. The minimum absolute atomic E-state index is 0.0874. The van der Waals surface area contributed by atoms with Gasteiger partial charge in [-0.1, -0.05) is 0 Å². The molecule has 4 nitrogen and oxygen atoms in total. The zero-order valence-electron chi connectivity index (χ0n) is 10.2. The number of rotatable bonds is 4. The third-order valence-electron chi connectivity index (χ3n) is 3.42. The largest absolute Gasteiger partial charge is 0.329 e. The summed E-state index contributed by atoms with van der Waals surface area (Å²) in [6.45, 7) is 0.500. The maximum Gasteiger partial charge on any atom is 0.151 e. The highest BCUT2D eigenvalue weighted by atomic mass is 79.9. The van der Waals surface area contributed by atoms with Gasteiger partial charge in [-0.05, 0) is 35.5 Å². The van der Waals surface area contributed by atoms with E-state index in [0.29, 0.717) is 18.7 Å². The van der Waals surface area contributed by atoms with Crippen LogP contribution in [0.2, 0.25) is 0 Å². The number of nitrogens with zero attached hydrogens (tertiary/aromatic N) is 1. The van der Waals surface area contributed by atoms with Crippen molar-refractivity contribution in [2.45, 2.75) is 18.5 Å². The second-order valence-electron chi connectivity index (χ2n) is 4.64. The van der Waals surface area contributed by atoms with Crippen molar-refractivity contribution in [2.24, 2.45) is 5.73 Å². The lowest BCUT2D eigenvalue weighted by molar-refractivity contribution is 0.195. The van der Waals surface area contributed by atoms with Crippen LogP contribution in [-0.4, -0.2) is 44.5 Å². The standard InChI is InChI=1S/C11H17BrN2O2S2/c1-14(9-2-3-18(15,16)7-9)10(5-13)11-4-8(12)6-17-11/h4,6,9-10H,2-3,5,7,13H2,1H3. The number of sulfone groups is 1. The summed E-state index contributed by atoms with van der Waals surface area (Å²) < 4.78 is 24.1. The monoisotopic (exact) mass is 352 g/mol. The van der Waals surface area contributed by atoms with Crippen molar-refractivity contribution in [3.8, 4) is 0 Å². The second kappa shape index (κ2) is 5.58. The summed E-state index contributed by atoms with van der Waals surface area (Å²) in [5.74, 6) is 0.556. The molecular formula is C11H17BrN2O2S2. The first kappa shape index (κ1) is 14.5. The third kappa shape index (κ3) is 3.14. The van der Waals surface area contributed by atoms with E-state index >= 15 is 0 Å². The van der Waals surface area contributed by atoms with Gasteiger partial charge in [0, 0.05) is 27.3 Å². The fourth-order valence-electron chi connectivity index (χ4n) is 2.34. The second-order valence-corrected chi connectivity index (χ2v) is 8.73. The molecule has 2 atom stereocenters. The first-order valence-electron chi connectivity index (χ1n) is 5.79. The maximum atomic E-state index is 11.5. The van der Waals surface area contributed by atoms with Crippen molar-refractivity contribution in [1.82, 2.24) is 4.90 Å². The predicted octanol–water partition coefficient (Wildman–Crippen LogP) is 1.63. The van der Waals surface area contributed by atoms with Crippen molar-refractivity contribution in [3.05, 3.63) is 20.8 Å². The van der Waals surface area contributed by atoms with Crippen molar-refractivity contribution in [3.63, 3.8) is 0 Å². The third-order valence-corrected chi connectivity index (χ3v) is 6.96. The fraction of sp³-hybridized carbons (Fsp3) is 0.636. The summed E-state index contributed by atoms with van der Waals surface area (Å²) in [5.41, 5.74) is 5.85. The number of halogens is 1. The van der Waals surface area contributed by atoms with E-state index in [1.54, 1.807) is 11.3 Å². The first-order chi connectivity index (χ1) is 8.43. The van der Waals surface area contributed by atoms with Gasteiger partial charge in [-0.2, -0.15) is 0 Å². The van der Waals surface area contributed by atoms with Crippen molar-refractivity contribution in [1.29, 1.82) is 0 Å². The molecule has 2 N–H and O–H groups in total. The Morgan fingerprint density at radius 2 is 2.39 bits per heavy atom. The molecule has 2 heterocycles. The lowest BCUT2D eigenvalue weighted by Gasteiger charge is -2.30. The molecule has 0 radical (unpaired) electrons. The topological polar surface area (TPSA) is 63.4 Å². The van der Waals surface area contributed by atoms with Crippen LogP contribution in [0.3, 0.4) is 0 Å². The molecule has 0 saturated carbocycles. The molecule has 0 bridgehead atoms. The van der Waals surface area contributed by atoms with E-state index in [1.807, 2.05) is 12.4 Å². The molecule has 7 heteroatoms. The van der Waals surface area contributed by atoms with E-state index in [0.717, 1.165) is 4.47 Å². The van der Waals surface area contributed by atoms with Crippen LogP contribution >= 0.6 is 27.3 Å². The van der Waals surface area contributed by atoms with Crippen LogP contribution in [0.15, 0.2) is 15.9 Å². The van der Waals surface area contributed by atoms with Crippen molar-refractivity contribution < 1.29 is 8.42 Å². The van der Waals surface area contributed by atoms with Gasteiger partial charge in [0.15, 0.2) is 9.84 Å². The molecule has 2 rings (SSSR count). The van der Waals surface area contributed by atoms with Gasteiger partial charge in [0.05, 0.1) is 17.5 Å². The van der Waals surface area contributed by atoms with E-state index < -0.39 is 9.84 Å². The summed E-state index contributed by atoms with van der Waals surface area (Å²) in [7, 11) is -0.879. The van der Waals surface area contributed by atoms with E-state index in [1.165, 1.54) is 4.88 Å². The van der Waals surface area contributed by atoms with Crippen LogP contribution in [0.5, 0.6) is 0 Å². The highest BCUT2D eigenvalue weighted by molar-refractivity contribution is 9.10. The quantitative estimate of drug-likeness (QED) is 0.894. The van der Waals surface area contributed by atoms with E-state index in [-0.39, 0.29) is 17.8 Å². The summed E-state index contributed by atoms with van der Waals surface area (Å²) in [4.78, 5) is 3.29. The molecule has 18 heavy (non-hydrogen) atoms. The Bertz CT molecular complexity index is 515. The van der Waals surface area contributed by atoms with Crippen molar-refractivity contribution >= 4 is 37.1 Å². The van der Waals surface area contributed by atoms with Crippen LogP contribution in [0, 0.1) is 0 Å². The SMILES string of the molecule is CN(C1CCS(=O)(=O)C1)C(CN)c1cc(Br)cs1. The fourth-order valence-corrected chi connectivity index (χ4v) is 5.73. The van der Waals surface area contributed by atoms with Crippen LogP contribution in [0.25, 0.3) is 0 Å². The number of nitrogens with two attached hydrogens (primary N) is 1. The van der Waals surface area contributed by atoms with Crippen LogP contribution < -0.4 is 5.73 Å². The Kier molecular flexibility index (Phi) is 4.48. The Morgan fingerprint density at radius 1 is 1.67 bits per heavy atom. The van der Waals surface area contributed by atoms with E-state index in [9.17, 15) is 8.42 Å². The predicted molar refractivity (Wildman–Crippen MR) is 78.6 cm³/mol. The molecule has 1 aromatic heterocycles. The zero-order chi connectivity index (χ0) is 13.3. The van der Waals surface area contributed by atoms with Gasteiger partial charge in [-0.3, -0.25) is 4.90 Å². The van der Waals surface area contributed by atoms with Crippen LogP contribution in [0.1, 0.15) is 17.3 Å². The molecular weight excluding hydrogens is 336 g/mol. The minimum Gasteiger partial charge on any atom is -0.329 e. The Labute approximate surface area is 120 Å². The molecule has 1 aliphatic heterocycles. The van der Waals surface area contributed by atoms with E-state index in [4.69, 9.17) is 5.73 Å². The first-order valence-corrected chi connectivity index (χ1v) is 9.28. The molecule has 0 amide bonds. The number of hydrogen-bond acceptors (Lipinski definition) is 5. The molecule has 0 aliphatic carbocycles. The van der Waals surface area contributed by atoms with Gasteiger partial charge in [0.1, 0.15) is 0 Å². The molecule has 1 fully saturated rings. The van der Waals surface area contributed by atoms with Gasteiger partial charge in [-0.15, -0.1) is 11.3 Å². The highest BCUT2D eigenvalue weighted by Crippen LogP contribution is 2.31. The molecule has 1 saturated heterocycles. The maximum absolute atomic E-state index is 11.5. The minimum atomic E-state index is -2.85. The van der Waals surface area contributed by atoms with Crippen LogP contribution in [0.4, 0.5) is 0 Å².